The molecular formula is C37H52N8O10. The van der Waals surface area contributed by atoms with Crippen LogP contribution in [0.1, 0.15) is 52.2 Å². The molecule has 0 unspecified atom stereocenters. The number of benzene rings is 2. The van der Waals surface area contributed by atoms with Crippen molar-refractivity contribution in [3.63, 3.8) is 0 Å². The van der Waals surface area contributed by atoms with Crippen LogP contribution >= 0.6 is 0 Å². The van der Waals surface area contributed by atoms with Gasteiger partial charge in [0.15, 0.2) is 0 Å². The van der Waals surface area contributed by atoms with Gasteiger partial charge in [-0.2, -0.15) is 0 Å². The monoisotopic (exact) mass is 768 g/mol. The third-order valence-corrected chi connectivity index (χ3v) is 8.34. The molecule has 2 rings (SSSR count). The molecular weight excluding hydrogens is 716 g/mol. The van der Waals surface area contributed by atoms with Crippen LogP contribution in [0, 0.1) is 11.8 Å². The molecule has 12 N–H and O–H groups in total. The zero-order chi connectivity index (χ0) is 41.4. The maximum Gasteiger partial charge on any atom is 0.305 e. The lowest BCUT2D eigenvalue weighted by molar-refractivity contribution is -0.141. The average molecular weight is 769 g/mol. The van der Waals surface area contributed by atoms with Crippen molar-refractivity contribution in [3.8, 4) is 5.75 Å². The first-order valence-corrected chi connectivity index (χ1v) is 17.7. The normalized spacial score (nSPS) is 14.3. The molecule has 2 aromatic rings. The van der Waals surface area contributed by atoms with Crippen molar-refractivity contribution in [1.82, 2.24) is 31.9 Å². The topological polar surface area (TPSA) is 301 Å². The number of carbonyl (C=O) groups excluding carboxylic acids is 7. The second-order valence-electron chi connectivity index (χ2n) is 13.8. The number of phenols is 1. The lowest BCUT2D eigenvalue weighted by Gasteiger charge is -2.29. The first kappa shape index (κ1) is 45.1. The number of hydrogen-bond donors (Lipinski definition) is 10. The number of rotatable bonds is 21. The molecule has 0 aliphatic rings. The highest BCUT2D eigenvalue weighted by molar-refractivity contribution is 5.98. The SMILES string of the molecule is CC(C)[C@H](NC(=O)[C@H](NC(=O)[C@@H](CC(=O)O)NC(=O)[C@@H](Cc1ccccc1)NC(=O)[C@H](C)NC(=O)[C@H](N)Cc1ccc(O)cc1)C(C)C)C(=O)NCC(N)=O. The lowest BCUT2D eigenvalue weighted by Crippen LogP contribution is -2.61. The Hall–Kier alpha value is -6.04. The van der Waals surface area contributed by atoms with Gasteiger partial charge in [-0.15, -0.1) is 0 Å². The van der Waals surface area contributed by atoms with Gasteiger partial charge >= 0.3 is 5.97 Å². The van der Waals surface area contributed by atoms with E-state index in [1.54, 1.807) is 70.2 Å². The van der Waals surface area contributed by atoms with Gasteiger partial charge < -0.3 is 53.6 Å². The van der Waals surface area contributed by atoms with E-state index in [-0.39, 0.29) is 18.6 Å². The number of amides is 7. The minimum Gasteiger partial charge on any atom is -0.508 e. The molecule has 0 aliphatic carbocycles. The predicted molar refractivity (Wildman–Crippen MR) is 199 cm³/mol. The predicted octanol–water partition coefficient (Wildman–Crippen LogP) is -1.66. The van der Waals surface area contributed by atoms with Crippen LogP contribution in [0.2, 0.25) is 0 Å². The number of primary amides is 1. The van der Waals surface area contributed by atoms with Crippen LogP contribution in [0.5, 0.6) is 5.75 Å². The zero-order valence-corrected chi connectivity index (χ0v) is 31.5. The lowest BCUT2D eigenvalue weighted by atomic mass is 9.99. The highest BCUT2D eigenvalue weighted by Crippen LogP contribution is 2.12. The number of carboxylic acid groups (broad SMARTS) is 1. The van der Waals surface area contributed by atoms with Crippen molar-refractivity contribution in [3.05, 3.63) is 65.7 Å². The van der Waals surface area contributed by atoms with E-state index < -0.39 is 108 Å². The van der Waals surface area contributed by atoms with Crippen LogP contribution in [0.4, 0.5) is 0 Å². The van der Waals surface area contributed by atoms with E-state index in [2.05, 4.69) is 31.9 Å². The number of aliphatic carboxylic acids is 1. The van der Waals surface area contributed by atoms with Crippen molar-refractivity contribution in [2.75, 3.05) is 6.54 Å². The quantitative estimate of drug-likeness (QED) is 0.0685. The number of hydrogen-bond acceptors (Lipinski definition) is 10. The summed E-state index contributed by atoms with van der Waals surface area (Å²) < 4.78 is 0. The Bertz CT molecular complexity index is 1670. The Labute approximate surface area is 318 Å². The standard InChI is InChI=1S/C37H52N8O10/c1-19(2)30(36(54)40-18-28(39)47)45-37(55)31(20(3)4)44-35(53)27(17-29(48)49)43-34(52)26(16-22-9-7-6-8-10-22)42-32(50)21(5)41-33(51)25(38)15-23-11-13-24(46)14-12-23/h6-14,19-21,25-27,30-31,46H,15-18,38H2,1-5H3,(H2,39,47)(H,40,54)(H,41,51)(H,42,50)(H,43,52)(H,44,53)(H,45,55)(H,48,49)/t21-,25+,26+,27+,30-,31+/m0/s1. The van der Waals surface area contributed by atoms with Crippen LogP contribution < -0.4 is 43.4 Å². The van der Waals surface area contributed by atoms with Crippen LogP contribution in [-0.2, 0) is 51.2 Å². The molecule has 0 saturated heterocycles. The van der Waals surface area contributed by atoms with Crippen molar-refractivity contribution in [2.45, 2.75) is 90.1 Å². The minimum atomic E-state index is -1.72. The second kappa shape index (κ2) is 21.6. The summed E-state index contributed by atoms with van der Waals surface area (Å²) in [5.74, 6) is -8.12. The van der Waals surface area contributed by atoms with Crippen LogP contribution in [-0.4, -0.2) is 100 Å². The number of nitrogens with two attached hydrogens (primary N) is 2. The van der Waals surface area contributed by atoms with Gasteiger partial charge in [-0.3, -0.25) is 38.4 Å². The van der Waals surface area contributed by atoms with E-state index in [0.717, 1.165) is 0 Å². The van der Waals surface area contributed by atoms with Gasteiger partial charge in [-0.25, -0.2) is 0 Å². The van der Waals surface area contributed by atoms with Crippen molar-refractivity contribution >= 4 is 47.3 Å². The molecule has 55 heavy (non-hydrogen) atoms. The van der Waals surface area contributed by atoms with Crippen molar-refractivity contribution in [1.29, 1.82) is 0 Å². The van der Waals surface area contributed by atoms with Gasteiger partial charge in [0.05, 0.1) is 19.0 Å². The van der Waals surface area contributed by atoms with Gasteiger partial charge in [0.1, 0.15) is 36.0 Å². The van der Waals surface area contributed by atoms with Crippen LogP contribution in [0.3, 0.4) is 0 Å². The molecule has 18 heteroatoms. The Morgan fingerprint density at radius 3 is 1.65 bits per heavy atom. The molecule has 0 bridgehead atoms. The first-order chi connectivity index (χ1) is 25.8. The van der Waals surface area contributed by atoms with E-state index in [1.165, 1.54) is 19.1 Å². The number of aromatic hydroxyl groups is 1. The summed E-state index contributed by atoms with van der Waals surface area (Å²) in [4.78, 5) is 102. The fourth-order valence-corrected chi connectivity index (χ4v) is 5.23. The molecule has 0 radical (unpaired) electrons. The molecule has 0 saturated carbocycles. The summed E-state index contributed by atoms with van der Waals surface area (Å²) in [5.41, 5.74) is 12.4. The first-order valence-electron chi connectivity index (χ1n) is 17.7. The third kappa shape index (κ3) is 15.5. The Morgan fingerprint density at radius 1 is 0.600 bits per heavy atom. The molecule has 0 spiro atoms. The van der Waals surface area contributed by atoms with E-state index in [0.29, 0.717) is 11.1 Å². The summed E-state index contributed by atoms with van der Waals surface area (Å²) in [5, 5.41) is 33.9. The number of phenolic OH excluding ortho intramolecular Hbond substituents is 1. The molecule has 0 aliphatic heterocycles. The fraction of sp³-hybridized carbons (Fsp3) is 0.459. The van der Waals surface area contributed by atoms with Crippen LogP contribution in [0.25, 0.3) is 0 Å². The van der Waals surface area contributed by atoms with E-state index >= 15 is 0 Å². The molecule has 18 nitrogen and oxygen atoms in total. The summed E-state index contributed by atoms with van der Waals surface area (Å²) >= 11 is 0. The van der Waals surface area contributed by atoms with E-state index in [4.69, 9.17) is 11.5 Å². The molecule has 6 atom stereocenters. The number of nitrogens with one attached hydrogen (secondary N) is 6. The summed E-state index contributed by atoms with van der Waals surface area (Å²) in [7, 11) is 0. The molecule has 0 heterocycles. The number of carbonyl (C=O) groups is 8. The smallest absolute Gasteiger partial charge is 0.305 e. The molecule has 300 valence electrons. The molecule has 0 fully saturated rings. The van der Waals surface area contributed by atoms with Gasteiger partial charge in [0.25, 0.3) is 0 Å². The van der Waals surface area contributed by atoms with Crippen molar-refractivity contribution in [2.24, 2.45) is 23.3 Å². The Kier molecular flexibility index (Phi) is 17.7. The largest absolute Gasteiger partial charge is 0.508 e. The summed E-state index contributed by atoms with van der Waals surface area (Å²) in [6.07, 6.45) is -0.881. The second-order valence-corrected chi connectivity index (χ2v) is 13.8. The van der Waals surface area contributed by atoms with Crippen molar-refractivity contribution < 1.29 is 48.6 Å². The fourth-order valence-electron chi connectivity index (χ4n) is 5.23. The average Bonchev–Trinajstić information content (AvgIpc) is 3.11. The molecule has 0 aromatic heterocycles. The maximum atomic E-state index is 13.7. The van der Waals surface area contributed by atoms with Gasteiger partial charge in [0, 0.05) is 6.42 Å². The highest BCUT2D eigenvalue weighted by Gasteiger charge is 2.35. The Balaban J connectivity index is 2.23. The van der Waals surface area contributed by atoms with Gasteiger partial charge in [0.2, 0.25) is 41.4 Å². The maximum absolute atomic E-state index is 13.7. The van der Waals surface area contributed by atoms with E-state index in [1.807, 2.05) is 0 Å². The summed E-state index contributed by atoms with van der Waals surface area (Å²) in [6, 6.07) is 6.87. The highest BCUT2D eigenvalue weighted by atomic mass is 16.4. The van der Waals surface area contributed by atoms with Gasteiger partial charge in [-0.1, -0.05) is 70.2 Å². The number of carboxylic acids is 1. The van der Waals surface area contributed by atoms with E-state index in [9.17, 15) is 48.6 Å². The third-order valence-electron chi connectivity index (χ3n) is 8.34. The van der Waals surface area contributed by atoms with Crippen LogP contribution in [0.15, 0.2) is 54.6 Å². The minimum absolute atomic E-state index is 0.0428. The molecule has 2 aromatic carbocycles. The summed E-state index contributed by atoms with van der Waals surface area (Å²) in [6.45, 7) is 7.39. The zero-order valence-electron chi connectivity index (χ0n) is 31.5. The Morgan fingerprint density at radius 2 is 1.11 bits per heavy atom. The molecule has 7 amide bonds. The van der Waals surface area contributed by atoms with Gasteiger partial charge in [-0.05, 0) is 48.4 Å².